The van der Waals surface area contributed by atoms with Crippen LogP contribution in [0.1, 0.15) is 20.8 Å². The molecule has 0 spiro atoms. The molecule has 0 aliphatic heterocycles. The van der Waals surface area contributed by atoms with Crippen molar-refractivity contribution in [3.05, 3.63) is 0 Å². The second kappa shape index (κ2) is 4.57. The van der Waals surface area contributed by atoms with Crippen LogP contribution in [0.15, 0.2) is 0 Å². The fourth-order valence-electron chi connectivity index (χ4n) is 0.643. The molecule has 0 heterocycles. The molecule has 0 bridgehead atoms. The van der Waals surface area contributed by atoms with E-state index in [1.54, 1.807) is 13.8 Å². The van der Waals surface area contributed by atoms with E-state index >= 15 is 0 Å². The lowest BCUT2D eigenvalue weighted by Crippen LogP contribution is -2.36. The number of halogens is 1. The van der Waals surface area contributed by atoms with E-state index in [1.807, 2.05) is 6.92 Å². The zero-order valence-electron chi connectivity index (χ0n) is 7.02. The van der Waals surface area contributed by atoms with Crippen LogP contribution in [0.3, 0.4) is 0 Å². The van der Waals surface area contributed by atoms with E-state index in [9.17, 15) is 4.79 Å². The number of alkyl halides is 1. The van der Waals surface area contributed by atoms with Crippen molar-refractivity contribution in [2.24, 2.45) is 0 Å². The van der Waals surface area contributed by atoms with Crippen LogP contribution in [0.5, 0.6) is 0 Å². The van der Waals surface area contributed by atoms with Gasteiger partial charge in [0.05, 0.1) is 0 Å². The number of carbonyl (C=O) groups is 1. The molecule has 0 amide bonds. The molecule has 66 valence electrons. The van der Waals surface area contributed by atoms with Crippen LogP contribution in [0, 0.1) is 0 Å². The van der Waals surface area contributed by atoms with Crippen molar-refractivity contribution in [2.75, 3.05) is 12.7 Å². The second-order valence-electron chi connectivity index (χ2n) is 2.48. The Kier molecular flexibility index (Phi) is 4.45. The minimum atomic E-state index is -0.885. The van der Waals surface area contributed by atoms with Crippen LogP contribution in [0.25, 0.3) is 0 Å². The van der Waals surface area contributed by atoms with Crippen molar-refractivity contribution in [3.8, 4) is 0 Å². The van der Waals surface area contributed by atoms with Crippen molar-refractivity contribution in [1.82, 2.24) is 0 Å². The van der Waals surface area contributed by atoms with Gasteiger partial charge in [-0.25, -0.2) is 4.79 Å². The van der Waals surface area contributed by atoms with Crippen LogP contribution in [-0.4, -0.2) is 24.2 Å². The van der Waals surface area contributed by atoms with Gasteiger partial charge in [-0.15, -0.1) is 0 Å². The number of ether oxygens (including phenoxy) is 2. The SMILES string of the molecule is CCOC(C)(C)C(=O)OCCl. The molecule has 0 fully saturated rings. The summed E-state index contributed by atoms with van der Waals surface area (Å²) in [6.45, 7) is 5.58. The molecule has 4 heteroatoms. The van der Waals surface area contributed by atoms with Crippen LogP contribution < -0.4 is 0 Å². The number of hydrogen-bond donors (Lipinski definition) is 0. The van der Waals surface area contributed by atoms with E-state index in [0.717, 1.165) is 0 Å². The Morgan fingerprint density at radius 1 is 1.55 bits per heavy atom. The van der Waals surface area contributed by atoms with Gasteiger partial charge in [-0.3, -0.25) is 0 Å². The lowest BCUT2D eigenvalue weighted by Gasteiger charge is -2.21. The predicted octanol–water partition coefficient (Wildman–Crippen LogP) is 1.54. The molecular formula is C7H13ClO3. The van der Waals surface area contributed by atoms with Gasteiger partial charge in [0, 0.05) is 6.61 Å². The molecule has 0 unspecified atom stereocenters. The summed E-state index contributed by atoms with van der Waals surface area (Å²) in [6, 6.07) is -0.130. The van der Waals surface area contributed by atoms with Crippen molar-refractivity contribution in [3.63, 3.8) is 0 Å². The number of rotatable bonds is 4. The number of hydrogen-bond acceptors (Lipinski definition) is 3. The molecule has 0 aliphatic carbocycles. The highest BCUT2D eigenvalue weighted by Gasteiger charge is 2.29. The smallest absolute Gasteiger partial charge is 0.339 e. The number of carbonyl (C=O) groups excluding carboxylic acids is 1. The Labute approximate surface area is 71.6 Å². The maximum atomic E-state index is 11.0. The van der Waals surface area contributed by atoms with Crippen molar-refractivity contribution >= 4 is 17.6 Å². The molecule has 0 atom stereocenters. The quantitative estimate of drug-likeness (QED) is 0.487. The first-order valence-electron chi connectivity index (χ1n) is 3.41. The van der Waals surface area contributed by atoms with E-state index in [-0.39, 0.29) is 6.07 Å². The highest BCUT2D eigenvalue weighted by Crippen LogP contribution is 2.11. The molecule has 0 saturated heterocycles. The van der Waals surface area contributed by atoms with Crippen LogP contribution in [0.4, 0.5) is 0 Å². The maximum Gasteiger partial charge on any atom is 0.339 e. The summed E-state index contributed by atoms with van der Waals surface area (Å²) in [5.41, 5.74) is -0.885. The number of esters is 1. The second-order valence-corrected chi connectivity index (χ2v) is 2.70. The third-order valence-electron chi connectivity index (χ3n) is 1.18. The van der Waals surface area contributed by atoms with E-state index in [1.165, 1.54) is 0 Å². The molecule has 0 N–H and O–H groups in total. The van der Waals surface area contributed by atoms with Gasteiger partial charge >= 0.3 is 5.97 Å². The normalized spacial score (nSPS) is 11.3. The molecular weight excluding hydrogens is 168 g/mol. The topological polar surface area (TPSA) is 35.5 Å². The van der Waals surface area contributed by atoms with E-state index in [2.05, 4.69) is 4.74 Å². The first-order valence-corrected chi connectivity index (χ1v) is 3.95. The summed E-state index contributed by atoms with van der Waals surface area (Å²) in [6.07, 6.45) is 0. The minimum Gasteiger partial charge on any atom is -0.447 e. The fourth-order valence-corrected chi connectivity index (χ4v) is 0.742. The Bertz CT molecular complexity index is 134. The van der Waals surface area contributed by atoms with E-state index < -0.39 is 11.6 Å². The molecule has 0 aromatic heterocycles. The molecule has 0 aliphatic rings. The molecule has 0 saturated carbocycles. The van der Waals surface area contributed by atoms with E-state index in [0.29, 0.717) is 6.61 Å². The van der Waals surface area contributed by atoms with Gasteiger partial charge in [-0.2, -0.15) is 0 Å². The third kappa shape index (κ3) is 3.58. The van der Waals surface area contributed by atoms with Gasteiger partial charge in [0.2, 0.25) is 0 Å². The lowest BCUT2D eigenvalue weighted by atomic mass is 10.1. The fraction of sp³-hybridized carbons (Fsp3) is 0.857. The molecule has 0 aromatic carbocycles. The molecule has 0 rings (SSSR count). The van der Waals surface area contributed by atoms with Crippen LogP contribution in [-0.2, 0) is 14.3 Å². The minimum absolute atomic E-state index is 0.130. The predicted molar refractivity (Wildman–Crippen MR) is 42.5 cm³/mol. The Balaban J connectivity index is 3.94. The van der Waals surface area contributed by atoms with Crippen LogP contribution in [0.2, 0.25) is 0 Å². The Morgan fingerprint density at radius 2 is 2.09 bits per heavy atom. The summed E-state index contributed by atoms with van der Waals surface area (Å²) in [4.78, 5) is 11.0. The summed E-state index contributed by atoms with van der Waals surface area (Å²) in [7, 11) is 0. The Morgan fingerprint density at radius 3 is 2.45 bits per heavy atom. The van der Waals surface area contributed by atoms with Gasteiger partial charge in [-0.1, -0.05) is 11.6 Å². The average Bonchev–Trinajstić information content (AvgIpc) is 1.88. The zero-order chi connectivity index (χ0) is 8.91. The monoisotopic (exact) mass is 180 g/mol. The largest absolute Gasteiger partial charge is 0.447 e. The van der Waals surface area contributed by atoms with Gasteiger partial charge in [0.15, 0.2) is 11.7 Å². The highest BCUT2D eigenvalue weighted by molar-refractivity contribution is 6.17. The van der Waals surface area contributed by atoms with Gasteiger partial charge < -0.3 is 9.47 Å². The summed E-state index contributed by atoms with van der Waals surface area (Å²) in [5, 5.41) is 0. The van der Waals surface area contributed by atoms with Crippen molar-refractivity contribution in [2.45, 2.75) is 26.4 Å². The van der Waals surface area contributed by atoms with Gasteiger partial charge in [-0.05, 0) is 20.8 Å². The highest BCUT2D eigenvalue weighted by atomic mass is 35.5. The molecule has 0 aromatic rings. The standard InChI is InChI=1S/C7H13ClO3/c1-4-11-7(2,3)6(9)10-5-8/h4-5H2,1-3H3. The molecule has 11 heavy (non-hydrogen) atoms. The molecule has 3 nitrogen and oxygen atoms in total. The van der Waals surface area contributed by atoms with Crippen LogP contribution >= 0.6 is 11.6 Å². The zero-order valence-corrected chi connectivity index (χ0v) is 7.77. The first kappa shape index (κ1) is 10.7. The average molecular weight is 181 g/mol. The third-order valence-corrected chi connectivity index (χ3v) is 1.29. The maximum absolute atomic E-state index is 11.0. The lowest BCUT2D eigenvalue weighted by molar-refractivity contribution is -0.165. The van der Waals surface area contributed by atoms with Crippen molar-refractivity contribution in [1.29, 1.82) is 0 Å². The summed E-state index contributed by atoms with van der Waals surface area (Å²) < 4.78 is 9.67. The summed E-state index contributed by atoms with van der Waals surface area (Å²) in [5.74, 6) is -0.436. The molecule has 0 radical (unpaired) electrons. The van der Waals surface area contributed by atoms with Gasteiger partial charge in [0.25, 0.3) is 0 Å². The van der Waals surface area contributed by atoms with Gasteiger partial charge in [0.1, 0.15) is 0 Å². The summed E-state index contributed by atoms with van der Waals surface area (Å²) >= 11 is 5.20. The van der Waals surface area contributed by atoms with E-state index in [4.69, 9.17) is 16.3 Å². The Hall–Kier alpha value is -0.280. The first-order chi connectivity index (χ1) is 5.04. The van der Waals surface area contributed by atoms with Crippen molar-refractivity contribution < 1.29 is 14.3 Å².